The molecule has 7 heteroatoms. The minimum atomic E-state index is -1.07. The van der Waals surface area contributed by atoms with Gasteiger partial charge in [0, 0.05) is 25.0 Å². The Morgan fingerprint density at radius 2 is 2.05 bits per heavy atom. The number of carbonyl (C=O) groups is 1. The van der Waals surface area contributed by atoms with Gasteiger partial charge in [-0.05, 0) is 18.6 Å². The van der Waals surface area contributed by atoms with E-state index in [1.807, 2.05) is 6.92 Å². The Morgan fingerprint density at radius 3 is 2.62 bits per heavy atom. The van der Waals surface area contributed by atoms with E-state index in [0.717, 1.165) is 11.0 Å². The van der Waals surface area contributed by atoms with Crippen LogP contribution >= 0.6 is 0 Å². The molecule has 0 bridgehead atoms. The van der Waals surface area contributed by atoms with Crippen molar-refractivity contribution in [3.05, 3.63) is 62.7 Å². The van der Waals surface area contributed by atoms with E-state index in [0.29, 0.717) is 12.2 Å². The van der Waals surface area contributed by atoms with Gasteiger partial charge in [-0.2, -0.15) is 0 Å². The summed E-state index contributed by atoms with van der Waals surface area (Å²) in [5, 5.41) is 8.80. The lowest BCUT2D eigenvalue weighted by Gasteiger charge is -2.08. The lowest BCUT2D eigenvalue weighted by molar-refractivity contribution is 0.0696. The molecule has 0 aromatic carbocycles. The summed E-state index contributed by atoms with van der Waals surface area (Å²) >= 11 is 0. The van der Waals surface area contributed by atoms with E-state index >= 15 is 0 Å². The van der Waals surface area contributed by atoms with Crippen LogP contribution in [0.5, 0.6) is 0 Å². The molecule has 0 aliphatic heterocycles. The van der Waals surface area contributed by atoms with Crippen LogP contribution in [0.25, 0.3) is 0 Å². The van der Waals surface area contributed by atoms with E-state index in [2.05, 4.69) is 4.98 Å². The summed E-state index contributed by atoms with van der Waals surface area (Å²) in [6.45, 7) is 2.49. The zero-order chi connectivity index (χ0) is 15.4. The largest absolute Gasteiger partial charge is 0.478 e. The average molecular weight is 289 g/mol. The second kappa shape index (κ2) is 6.17. The van der Waals surface area contributed by atoms with Gasteiger partial charge < -0.3 is 9.67 Å². The highest BCUT2D eigenvalue weighted by atomic mass is 16.4. The van der Waals surface area contributed by atoms with Crippen LogP contribution in [0.2, 0.25) is 0 Å². The van der Waals surface area contributed by atoms with Gasteiger partial charge in [0.15, 0.2) is 0 Å². The van der Waals surface area contributed by atoms with Crippen molar-refractivity contribution in [2.45, 2.75) is 26.4 Å². The second-order valence-electron chi connectivity index (χ2n) is 4.56. The highest BCUT2D eigenvalue weighted by Crippen LogP contribution is 2.01. The number of hydrogen-bond donors (Lipinski definition) is 1. The molecule has 2 rings (SSSR count). The molecule has 0 unspecified atom stereocenters. The van der Waals surface area contributed by atoms with E-state index in [9.17, 15) is 14.4 Å². The van der Waals surface area contributed by atoms with Gasteiger partial charge in [-0.25, -0.2) is 9.59 Å². The van der Waals surface area contributed by atoms with Crippen LogP contribution in [0.1, 0.15) is 29.4 Å². The Morgan fingerprint density at radius 1 is 1.29 bits per heavy atom. The van der Waals surface area contributed by atoms with Gasteiger partial charge in [0.05, 0.1) is 17.8 Å². The zero-order valence-corrected chi connectivity index (χ0v) is 11.5. The molecule has 0 atom stereocenters. The van der Waals surface area contributed by atoms with Crippen molar-refractivity contribution in [3.63, 3.8) is 0 Å². The first-order valence-electron chi connectivity index (χ1n) is 6.51. The number of hydrogen-bond acceptors (Lipinski definition) is 4. The Balaban J connectivity index is 2.35. The fraction of sp³-hybridized carbons (Fsp3) is 0.286. The predicted molar refractivity (Wildman–Crippen MR) is 75.6 cm³/mol. The number of aromatic nitrogens is 3. The number of nitrogens with zero attached hydrogens (tertiary/aromatic N) is 3. The number of pyridine rings is 1. The Bertz CT molecular complexity index is 759. The molecule has 7 nitrogen and oxygen atoms in total. The fourth-order valence-corrected chi connectivity index (χ4v) is 1.92. The third kappa shape index (κ3) is 3.25. The molecule has 0 fully saturated rings. The molecule has 0 saturated carbocycles. The fourth-order valence-electron chi connectivity index (χ4n) is 1.92. The molecule has 2 heterocycles. The monoisotopic (exact) mass is 289 g/mol. The minimum absolute atomic E-state index is 0.0160. The number of carboxylic acids is 1. The van der Waals surface area contributed by atoms with E-state index in [1.165, 1.54) is 35.2 Å². The number of carboxylic acid groups (broad SMARTS) is 1. The molecule has 1 N–H and O–H groups in total. The second-order valence-corrected chi connectivity index (χ2v) is 4.56. The maximum absolute atomic E-state index is 12.2. The number of rotatable bonds is 5. The molecular weight excluding hydrogens is 274 g/mol. The van der Waals surface area contributed by atoms with Crippen molar-refractivity contribution in [3.8, 4) is 0 Å². The first-order chi connectivity index (χ1) is 10.0. The topological polar surface area (TPSA) is 94.2 Å². The first-order valence-corrected chi connectivity index (χ1v) is 6.51. The van der Waals surface area contributed by atoms with Crippen molar-refractivity contribution < 1.29 is 9.90 Å². The quantitative estimate of drug-likeness (QED) is 0.868. The van der Waals surface area contributed by atoms with Crippen molar-refractivity contribution >= 4 is 5.97 Å². The molecule has 0 spiro atoms. The van der Waals surface area contributed by atoms with Crippen LogP contribution in [0, 0.1) is 0 Å². The van der Waals surface area contributed by atoms with Crippen molar-refractivity contribution in [1.82, 2.24) is 14.1 Å². The van der Waals surface area contributed by atoms with E-state index < -0.39 is 17.2 Å². The molecule has 0 aliphatic rings. The standard InChI is InChI=1S/C14H15N3O4/c1-2-6-16-7-5-12(18)17(14(16)21)9-11-4-3-10(8-15-11)13(19)20/h3-5,7-8H,2,6,9H2,1H3,(H,19,20). The Hall–Kier alpha value is -2.70. The molecule has 21 heavy (non-hydrogen) atoms. The molecule has 2 aromatic heterocycles. The van der Waals surface area contributed by atoms with E-state index in [-0.39, 0.29) is 12.1 Å². The van der Waals surface area contributed by atoms with Crippen molar-refractivity contribution in [2.75, 3.05) is 0 Å². The van der Waals surface area contributed by atoms with Gasteiger partial charge in [-0.15, -0.1) is 0 Å². The molecule has 110 valence electrons. The van der Waals surface area contributed by atoms with Crippen LogP contribution in [0.3, 0.4) is 0 Å². The summed E-state index contributed by atoms with van der Waals surface area (Å²) in [7, 11) is 0. The summed E-state index contributed by atoms with van der Waals surface area (Å²) in [5.41, 5.74) is -0.291. The highest BCUT2D eigenvalue weighted by Gasteiger charge is 2.08. The van der Waals surface area contributed by atoms with Crippen LogP contribution in [-0.4, -0.2) is 25.2 Å². The lowest BCUT2D eigenvalue weighted by Crippen LogP contribution is -2.39. The summed E-state index contributed by atoms with van der Waals surface area (Å²) < 4.78 is 2.55. The summed E-state index contributed by atoms with van der Waals surface area (Å²) in [6.07, 6.45) is 3.46. The third-order valence-electron chi connectivity index (χ3n) is 3.00. The molecule has 0 radical (unpaired) electrons. The van der Waals surface area contributed by atoms with Gasteiger partial charge in [0.25, 0.3) is 5.56 Å². The minimum Gasteiger partial charge on any atom is -0.478 e. The van der Waals surface area contributed by atoms with E-state index in [1.54, 1.807) is 0 Å². The Labute approximate surface area is 120 Å². The van der Waals surface area contributed by atoms with Crippen LogP contribution < -0.4 is 11.2 Å². The smallest absolute Gasteiger partial charge is 0.337 e. The van der Waals surface area contributed by atoms with Crippen molar-refractivity contribution in [1.29, 1.82) is 0 Å². The van der Waals surface area contributed by atoms with Gasteiger partial charge in [-0.1, -0.05) is 6.92 Å². The SMILES string of the molecule is CCCn1ccc(=O)n(Cc2ccc(C(=O)O)cn2)c1=O. The molecular formula is C14H15N3O4. The normalized spacial score (nSPS) is 10.5. The number of aromatic carboxylic acids is 1. The van der Waals surface area contributed by atoms with Crippen LogP contribution in [0.4, 0.5) is 0 Å². The highest BCUT2D eigenvalue weighted by molar-refractivity contribution is 5.87. The van der Waals surface area contributed by atoms with Gasteiger partial charge in [-0.3, -0.25) is 14.3 Å². The molecule has 0 aliphatic carbocycles. The summed E-state index contributed by atoms with van der Waals surface area (Å²) in [6, 6.07) is 4.22. The van der Waals surface area contributed by atoms with Crippen molar-refractivity contribution in [2.24, 2.45) is 0 Å². The van der Waals surface area contributed by atoms with Gasteiger partial charge in [0.2, 0.25) is 0 Å². The average Bonchev–Trinajstić information content (AvgIpc) is 2.47. The van der Waals surface area contributed by atoms with Crippen LogP contribution in [-0.2, 0) is 13.1 Å². The van der Waals surface area contributed by atoms with Crippen LogP contribution in [0.15, 0.2) is 40.2 Å². The third-order valence-corrected chi connectivity index (χ3v) is 3.00. The molecule has 0 saturated heterocycles. The first kappa shape index (κ1) is 14.7. The zero-order valence-electron chi connectivity index (χ0n) is 11.5. The van der Waals surface area contributed by atoms with Gasteiger partial charge in [0.1, 0.15) is 0 Å². The molecule has 2 aromatic rings. The van der Waals surface area contributed by atoms with Gasteiger partial charge >= 0.3 is 11.7 Å². The number of aryl methyl sites for hydroxylation is 1. The Kier molecular flexibility index (Phi) is 4.32. The maximum atomic E-state index is 12.2. The lowest BCUT2D eigenvalue weighted by atomic mass is 10.2. The predicted octanol–water partition coefficient (Wildman–Crippen LogP) is 0.562. The maximum Gasteiger partial charge on any atom is 0.337 e. The summed E-state index contributed by atoms with van der Waals surface area (Å²) in [4.78, 5) is 38.7. The van der Waals surface area contributed by atoms with E-state index in [4.69, 9.17) is 5.11 Å². The molecule has 0 amide bonds. The summed E-state index contributed by atoms with van der Waals surface area (Å²) in [5.74, 6) is -1.07.